The molecule has 0 bridgehead atoms. The predicted molar refractivity (Wildman–Crippen MR) is 84.0 cm³/mol. The average molecular weight is 275 g/mol. The average Bonchev–Trinajstić information content (AvgIpc) is 2.53. The molecule has 4 heteroatoms. The highest BCUT2D eigenvalue weighted by Gasteiger charge is 2.15. The van der Waals surface area contributed by atoms with E-state index in [9.17, 15) is 0 Å². The van der Waals surface area contributed by atoms with Gasteiger partial charge in [-0.05, 0) is 37.3 Å². The molecule has 0 saturated carbocycles. The number of nitrogens with zero attached hydrogens (tertiary/aromatic N) is 2. The second kappa shape index (κ2) is 7.90. The van der Waals surface area contributed by atoms with E-state index in [1.165, 1.54) is 19.3 Å². The molecule has 1 fully saturated rings. The third kappa shape index (κ3) is 4.53. The number of anilines is 1. The predicted octanol–water partition coefficient (Wildman–Crippen LogP) is 2.57. The number of piperidine rings is 1. The molecular weight excluding hydrogens is 250 g/mol. The lowest BCUT2D eigenvalue weighted by molar-refractivity contribution is 0.241. The van der Waals surface area contributed by atoms with Gasteiger partial charge in [-0.1, -0.05) is 25.1 Å². The number of likely N-dealkylation sites (tertiary alicyclic amines) is 1. The van der Waals surface area contributed by atoms with Crippen molar-refractivity contribution in [2.24, 2.45) is 10.9 Å². The Kier molecular flexibility index (Phi) is 5.87. The van der Waals surface area contributed by atoms with Crippen molar-refractivity contribution in [1.82, 2.24) is 4.90 Å². The summed E-state index contributed by atoms with van der Waals surface area (Å²) in [6.45, 7) is 4.97. The Bertz CT molecular complexity index is 413. The molecule has 110 valence electrons. The van der Waals surface area contributed by atoms with Gasteiger partial charge in [0.1, 0.15) is 0 Å². The van der Waals surface area contributed by atoms with Gasteiger partial charge in [0.2, 0.25) is 0 Å². The molecular formula is C16H25N3O. The van der Waals surface area contributed by atoms with E-state index in [-0.39, 0.29) is 12.5 Å². The zero-order chi connectivity index (χ0) is 14.2. The highest BCUT2D eigenvalue weighted by atomic mass is 16.3. The fraction of sp³-hybridized carbons (Fsp3) is 0.562. The number of hydrogen-bond acceptors (Lipinski definition) is 2. The van der Waals surface area contributed by atoms with E-state index in [4.69, 9.17) is 5.11 Å². The van der Waals surface area contributed by atoms with Crippen molar-refractivity contribution in [2.45, 2.75) is 26.2 Å². The van der Waals surface area contributed by atoms with Gasteiger partial charge in [-0.3, -0.25) is 4.99 Å². The Labute approximate surface area is 121 Å². The molecule has 0 spiro atoms. The van der Waals surface area contributed by atoms with Gasteiger partial charge >= 0.3 is 0 Å². The summed E-state index contributed by atoms with van der Waals surface area (Å²) in [6.07, 6.45) is 3.76. The van der Waals surface area contributed by atoms with Crippen LogP contribution in [0.3, 0.4) is 0 Å². The minimum atomic E-state index is 0.183. The summed E-state index contributed by atoms with van der Waals surface area (Å²) < 4.78 is 0. The van der Waals surface area contributed by atoms with E-state index >= 15 is 0 Å². The molecule has 1 aliphatic rings. The molecule has 2 rings (SSSR count). The summed E-state index contributed by atoms with van der Waals surface area (Å²) >= 11 is 0. The minimum Gasteiger partial charge on any atom is -0.396 e. The molecule has 0 amide bonds. The van der Waals surface area contributed by atoms with E-state index in [0.717, 1.165) is 24.7 Å². The topological polar surface area (TPSA) is 47.9 Å². The largest absolute Gasteiger partial charge is 0.396 e. The second-order valence-electron chi connectivity index (χ2n) is 5.49. The monoisotopic (exact) mass is 275 g/mol. The summed E-state index contributed by atoms with van der Waals surface area (Å²) in [5.74, 6) is 1.14. The van der Waals surface area contributed by atoms with Crippen molar-refractivity contribution in [1.29, 1.82) is 0 Å². The van der Waals surface area contributed by atoms with Crippen molar-refractivity contribution in [3.63, 3.8) is 0 Å². The van der Waals surface area contributed by atoms with Crippen molar-refractivity contribution in [3.05, 3.63) is 30.3 Å². The molecule has 1 unspecified atom stereocenters. The maximum atomic E-state index is 9.14. The minimum absolute atomic E-state index is 0.183. The molecule has 4 nitrogen and oxygen atoms in total. The van der Waals surface area contributed by atoms with E-state index in [1.54, 1.807) is 0 Å². The van der Waals surface area contributed by atoms with Gasteiger partial charge in [-0.25, -0.2) is 0 Å². The third-order valence-corrected chi connectivity index (χ3v) is 3.55. The van der Waals surface area contributed by atoms with E-state index in [2.05, 4.69) is 27.3 Å². The summed E-state index contributed by atoms with van der Waals surface area (Å²) in [7, 11) is 0. The second-order valence-corrected chi connectivity index (χ2v) is 5.49. The maximum absolute atomic E-state index is 9.14. The number of aliphatic hydroxyl groups is 1. The Balaban J connectivity index is 2.06. The Morgan fingerprint density at radius 1 is 1.25 bits per heavy atom. The van der Waals surface area contributed by atoms with E-state index in [1.807, 2.05) is 25.1 Å². The lowest BCUT2D eigenvalue weighted by Gasteiger charge is -2.30. The van der Waals surface area contributed by atoms with Gasteiger partial charge < -0.3 is 15.3 Å². The first-order chi connectivity index (χ1) is 9.79. The van der Waals surface area contributed by atoms with Crippen LogP contribution in [0.1, 0.15) is 26.2 Å². The number of guanidine groups is 1. The number of nitrogens with one attached hydrogen (secondary N) is 1. The number of hydrogen-bond donors (Lipinski definition) is 2. The zero-order valence-corrected chi connectivity index (χ0v) is 12.3. The molecule has 1 aromatic rings. The summed E-state index contributed by atoms with van der Waals surface area (Å²) in [5.41, 5.74) is 1.06. The van der Waals surface area contributed by atoms with Gasteiger partial charge in [-0.15, -0.1) is 0 Å². The molecule has 0 aromatic heterocycles. The van der Waals surface area contributed by atoms with Gasteiger partial charge in [-0.2, -0.15) is 0 Å². The Morgan fingerprint density at radius 2 is 1.95 bits per heavy atom. The van der Waals surface area contributed by atoms with E-state index in [0.29, 0.717) is 6.54 Å². The Morgan fingerprint density at radius 3 is 2.60 bits per heavy atom. The van der Waals surface area contributed by atoms with Crippen LogP contribution in [-0.2, 0) is 0 Å². The van der Waals surface area contributed by atoms with Crippen molar-refractivity contribution >= 4 is 11.6 Å². The van der Waals surface area contributed by atoms with Crippen LogP contribution in [0.15, 0.2) is 35.3 Å². The fourth-order valence-corrected chi connectivity index (χ4v) is 2.27. The molecule has 1 saturated heterocycles. The van der Waals surface area contributed by atoms with Gasteiger partial charge in [0.25, 0.3) is 0 Å². The molecule has 1 aliphatic heterocycles. The van der Waals surface area contributed by atoms with Crippen molar-refractivity contribution < 1.29 is 5.11 Å². The fourth-order valence-electron chi connectivity index (χ4n) is 2.27. The number of aliphatic imine (C=N–C) groups is 1. The third-order valence-electron chi connectivity index (χ3n) is 3.55. The van der Waals surface area contributed by atoms with Gasteiger partial charge in [0.15, 0.2) is 5.96 Å². The van der Waals surface area contributed by atoms with Crippen LogP contribution in [0.4, 0.5) is 5.69 Å². The zero-order valence-electron chi connectivity index (χ0n) is 12.3. The number of aliphatic hydroxyl groups excluding tert-OH is 1. The van der Waals surface area contributed by atoms with Crippen LogP contribution in [0, 0.1) is 5.92 Å². The summed E-state index contributed by atoms with van der Waals surface area (Å²) in [5, 5.41) is 12.6. The van der Waals surface area contributed by atoms with Crippen LogP contribution >= 0.6 is 0 Å². The number of rotatable bonds is 4. The molecule has 0 aliphatic carbocycles. The molecule has 20 heavy (non-hydrogen) atoms. The number of benzene rings is 1. The quantitative estimate of drug-likeness (QED) is 0.656. The lowest BCUT2D eigenvalue weighted by Crippen LogP contribution is -2.40. The van der Waals surface area contributed by atoms with Crippen LogP contribution in [0.5, 0.6) is 0 Å². The first-order valence-corrected chi connectivity index (χ1v) is 7.52. The van der Waals surface area contributed by atoms with Crippen LogP contribution < -0.4 is 5.32 Å². The highest BCUT2D eigenvalue weighted by Crippen LogP contribution is 2.13. The normalized spacial score (nSPS) is 17.9. The SMILES string of the molecule is CC(CO)CN=C(Nc1ccccc1)N1CCCCC1. The highest BCUT2D eigenvalue weighted by molar-refractivity contribution is 5.93. The maximum Gasteiger partial charge on any atom is 0.198 e. The summed E-state index contributed by atoms with van der Waals surface area (Å²) in [6, 6.07) is 10.2. The molecule has 1 heterocycles. The molecule has 0 radical (unpaired) electrons. The smallest absolute Gasteiger partial charge is 0.198 e. The molecule has 1 atom stereocenters. The lowest BCUT2D eigenvalue weighted by atomic mass is 10.1. The standard InChI is InChI=1S/C16H25N3O/c1-14(13-20)12-17-16(19-10-6-3-7-11-19)18-15-8-4-2-5-9-15/h2,4-5,8-9,14,20H,3,6-7,10-13H2,1H3,(H,17,18). The van der Waals surface area contributed by atoms with Crippen molar-refractivity contribution in [3.8, 4) is 0 Å². The van der Waals surface area contributed by atoms with Gasteiger partial charge in [0, 0.05) is 31.9 Å². The molecule has 2 N–H and O–H groups in total. The van der Waals surface area contributed by atoms with Crippen molar-refractivity contribution in [2.75, 3.05) is 31.6 Å². The van der Waals surface area contributed by atoms with Crippen LogP contribution in [-0.4, -0.2) is 42.2 Å². The van der Waals surface area contributed by atoms with Crippen LogP contribution in [0.25, 0.3) is 0 Å². The van der Waals surface area contributed by atoms with Crippen LogP contribution in [0.2, 0.25) is 0 Å². The molecule has 1 aromatic carbocycles. The first kappa shape index (κ1) is 14.9. The van der Waals surface area contributed by atoms with E-state index < -0.39 is 0 Å². The number of para-hydroxylation sites is 1. The first-order valence-electron chi connectivity index (χ1n) is 7.52. The summed E-state index contributed by atoms with van der Waals surface area (Å²) in [4.78, 5) is 7.00. The Hall–Kier alpha value is -1.55. The van der Waals surface area contributed by atoms with Gasteiger partial charge in [0.05, 0.1) is 0 Å².